The summed E-state index contributed by atoms with van der Waals surface area (Å²) in [6.07, 6.45) is -5.72. The molecule has 27 heavy (non-hydrogen) atoms. The smallest absolute Gasteiger partial charge is 0.416 e. The van der Waals surface area contributed by atoms with Crippen molar-refractivity contribution in [1.29, 1.82) is 0 Å². The summed E-state index contributed by atoms with van der Waals surface area (Å²) in [7, 11) is 0. The lowest BCUT2D eigenvalue weighted by Gasteiger charge is -2.14. The fourth-order valence-corrected chi connectivity index (χ4v) is 1.97. The lowest BCUT2D eigenvalue weighted by Crippen LogP contribution is -2.31. The normalized spacial score (nSPS) is 12.2. The molecule has 1 amide bonds. The van der Waals surface area contributed by atoms with E-state index in [4.69, 9.17) is 9.47 Å². The molecule has 2 aromatic rings. The van der Waals surface area contributed by atoms with Crippen LogP contribution < -0.4 is 10.1 Å². The van der Waals surface area contributed by atoms with Gasteiger partial charge in [-0.05, 0) is 49.4 Å². The van der Waals surface area contributed by atoms with Crippen molar-refractivity contribution in [2.24, 2.45) is 0 Å². The number of benzene rings is 2. The van der Waals surface area contributed by atoms with Gasteiger partial charge in [0.2, 0.25) is 0 Å². The molecular formula is C18H15F4NO4. The van der Waals surface area contributed by atoms with Crippen molar-refractivity contribution in [1.82, 2.24) is 0 Å². The van der Waals surface area contributed by atoms with Crippen LogP contribution >= 0.6 is 0 Å². The summed E-state index contributed by atoms with van der Waals surface area (Å²) < 4.78 is 60.5. The van der Waals surface area contributed by atoms with E-state index in [1.807, 2.05) is 0 Å². The van der Waals surface area contributed by atoms with Crippen molar-refractivity contribution in [3.05, 3.63) is 59.9 Å². The summed E-state index contributed by atoms with van der Waals surface area (Å²) in [5.74, 6) is -2.23. The van der Waals surface area contributed by atoms with Gasteiger partial charge in [-0.3, -0.25) is 4.79 Å². The maximum absolute atomic E-state index is 12.8. The van der Waals surface area contributed by atoms with Crippen LogP contribution in [-0.2, 0) is 20.5 Å². The first-order chi connectivity index (χ1) is 12.6. The number of nitrogens with one attached hydrogen (secondary N) is 1. The lowest BCUT2D eigenvalue weighted by atomic mass is 10.2. The average molecular weight is 385 g/mol. The Bertz CT molecular complexity index is 806. The summed E-state index contributed by atoms with van der Waals surface area (Å²) in [5, 5.41) is 2.42. The largest absolute Gasteiger partial charge is 0.482 e. The molecule has 2 aromatic carbocycles. The fourth-order valence-electron chi connectivity index (χ4n) is 1.97. The van der Waals surface area contributed by atoms with Crippen molar-refractivity contribution >= 4 is 17.6 Å². The summed E-state index contributed by atoms with van der Waals surface area (Å²) in [5.41, 5.74) is -0.607. The topological polar surface area (TPSA) is 64.6 Å². The number of rotatable bonds is 6. The fraction of sp³-hybridized carbons (Fsp3) is 0.222. The van der Waals surface area contributed by atoms with Gasteiger partial charge in [-0.2, -0.15) is 13.2 Å². The van der Waals surface area contributed by atoms with Gasteiger partial charge in [-0.1, -0.05) is 6.07 Å². The number of alkyl halides is 3. The van der Waals surface area contributed by atoms with Crippen LogP contribution in [-0.4, -0.2) is 24.6 Å². The number of hydrogen-bond donors (Lipinski definition) is 1. The molecule has 5 nitrogen and oxygen atoms in total. The highest BCUT2D eigenvalue weighted by Gasteiger charge is 2.30. The van der Waals surface area contributed by atoms with Gasteiger partial charge in [0.05, 0.1) is 5.56 Å². The number of hydrogen-bond acceptors (Lipinski definition) is 4. The monoisotopic (exact) mass is 385 g/mol. The molecule has 0 aromatic heterocycles. The summed E-state index contributed by atoms with van der Waals surface area (Å²) >= 11 is 0. The molecule has 0 unspecified atom stereocenters. The minimum Gasteiger partial charge on any atom is -0.482 e. The Labute approximate surface area is 151 Å². The van der Waals surface area contributed by atoms with Gasteiger partial charge in [-0.15, -0.1) is 0 Å². The Kier molecular flexibility index (Phi) is 6.38. The van der Waals surface area contributed by atoms with Gasteiger partial charge < -0.3 is 14.8 Å². The van der Waals surface area contributed by atoms with Crippen LogP contribution in [0.15, 0.2) is 48.5 Å². The molecule has 0 saturated carbocycles. The Hall–Kier alpha value is -3.10. The van der Waals surface area contributed by atoms with E-state index in [1.165, 1.54) is 25.1 Å². The maximum atomic E-state index is 12.8. The zero-order chi connectivity index (χ0) is 20.0. The first-order valence-corrected chi connectivity index (χ1v) is 7.71. The SMILES string of the molecule is C[C@@H](OC(=O)COc1cccc(C(F)(F)F)c1)C(=O)Nc1ccc(F)cc1. The van der Waals surface area contributed by atoms with Crippen molar-refractivity contribution in [3.8, 4) is 5.75 Å². The van der Waals surface area contributed by atoms with E-state index in [0.717, 1.165) is 30.3 Å². The van der Waals surface area contributed by atoms with Gasteiger partial charge in [-0.25, -0.2) is 9.18 Å². The van der Waals surface area contributed by atoms with Gasteiger partial charge in [0.1, 0.15) is 11.6 Å². The van der Waals surface area contributed by atoms with E-state index in [1.54, 1.807) is 0 Å². The first-order valence-electron chi connectivity index (χ1n) is 7.71. The van der Waals surface area contributed by atoms with Gasteiger partial charge >= 0.3 is 12.1 Å². The maximum Gasteiger partial charge on any atom is 0.416 e. The van der Waals surface area contributed by atoms with Crippen LogP contribution in [0, 0.1) is 5.82 Å². The molecule has 0 aliphatic carbocycles. The molecule has 0 spiro atoms. The lowest BCUT2D eigenvalue weighted by molar-refractivity contribution is -0.155. The predicted octanol–water partition coefficient (Wildman–Crippen LogP) is 3.79. The van der Waals surface area contributed by atoms with Crippen molar-refractivity contribution in [2.45, 2.75) is 19.2 Å². The highest BCUT2D eigenvalue weighted by Crippen LogP contribution is 2.31. The molecule has 9 heteroatoms. The number of amides is 1. The number of carbonyl (C=O) groups excluding carboxylic acids is 2. The van der Waals surface area contributed by atoms with Crippen LogP contribution in [0.5, 0.6) is 5.75 Å². The van der Waals surface area contributed by atoms with Gasteiger partial charge in [0.25, 0.3) is 5.91 Å². The Morgan fingerprint density at radius 3 is 2.41 bits per heavy atom. The Morgan fingerprint density at radius 2 is 1.78 bits per heavy atom. The van der Waals surface area contributed by atoms with Gasteiger partial charge in [0.15, 0.2) is 12.7 Å². The van der Waals surface area contributed by atoms with E-state index in [0.29, 0.717) is 5.69 Å². The van der Waals surface area contributed by atoms with E-state index in [-0.39, 0.29) is 5.75 Å². The molecule has 0 radical (unpaired) electrons. The zero-order valence-corrected chi connectivity index (χ0v) is 14.0. The highest BCUT2D eigenvalue weighted by atomic mass is 19.4. The molecule has 1 N–H and O–H groups in total. The number of carbonyl (C=O) groups is 2. The van der Waals surface area contributed by atoms with Gasteiger partial charge in [0, 0.05) is 5.69 Å². The zero-order valence-electron chi connectivity index (χ0n) is 14.0. The Balaban J connectivity index is 1.84. The van der Waals surface area contributed by atoms with Crippen molar-refractivity contribution < 1.29 is 36.6 Å². The van der Waals surface area contributed by atoms with E-state index in [2.05, 4.69) is 5.32 Å². The van der Waals surface area contributed by atoms with E-state index < -0.39 is 42.1 Å². The van der Waals surface area contributed by atoms with Crippen LogP contribution in [0.1, 0.15) is 12.5 Å². The second kappa shape index (κ2) is 8.52. The second-order valence-electron chi connectivity index (χ2n) is 5.44. The molecule has 0 heterocycles. The third-order valence-electron chi connectivity index (χ3n) is 3.31. The number of anilines is 1. The molecule has 0 aliphatic heterocycles. The summed E-state index contributed by atoms with van der Waals surface area (Å²) in [4.78, 5) is 23.6. The third kappa shape index (κ3) is 6.28. The van der Waals surface area contributed by atoms with Crippen molar-refractivity contribution in [3.63, 3.8) is 0 Å². The molecule has 0 fully saturated rings. The molecule has 0 saturated heterocycles. The highest BCUT2D eigenvalue weighted by molar-refractivity contribution is 5.95. The molecule has 2 rings (SSSR count). The standard InChI is InChI=1S/C18H15F4NO4/c1-11(17(25)23-14-7-5-13(19)6-8-14)27-16(24)10-26-15-4-2-3-12(9-15)18(20,21)22/h2-9,11H,10H2,1H3,(H,23,25)/t11-/m1/s1. The predicted molar refractivity (Wildman–Crippen MR) is 87.5 cm³/mol. The average Bonchev–Trinajstić information content (AvgIpc) is 2.61. The van der Waals surface area contributed by atoms with Crippen LogP contribution in [0.3, 0.4) is 0 Å². The number of ether oxygens (including phenoxy) is 2. The quantitative estimate of drug-likeness (QED) is 0.607. The van der Waals surface area contributed by atoms with Crippen molar-refractivity contribution in [2.75, 3.05) is 11.9 Å². The minimum atomic E-state index is -4.53. The number of halogens is 4. The molecular weight excluding hydrogens is 370 g/mol. The molecule has 0 aliphatic rings. The molecule has 144 valence electrons. The van der Waals surface area contributed by atoms with Crippen LogP contribution in [0.4, 0.5) is 23.2 Å². The molecule has 0 bridgehead atoms. The summed E-state index contributed by atoms with van der Waals surface area (Å²) in [6, 6.07) is 8.97. The van der Waals surface area contributed by atoms with Crippen LogP contribution in [0.25, 0.3) is 0 Å². The second-order valence-corrected chi connectivity index (χ2v) is 5.44. The number of esters is 1. The van der Waals surface area contributed by atoms with E-state index in [9.17, 15) is 27.2 Å². The van der Waals surface area contributed by atoms with E-state index >= 15 is 0 Å². The summed E-state index contributed by atoms with van der Waals surface area (Å²) in [6.45, 7) is 0.635. The Morgan fingerprint density at radius 1 is 1.11 bits per heavy atom. The third-order valence-corrected chi connectivity index (χ3v) is 3.31. The minimum absolute atomic E-state index is 0.162. The first kappa shape index (κ1) is 20.2. The van der Waals surface area contributed by atoms with Crippen LogP contribution in [0.2, 0.25) is 0 Å². The molecule has 1 atom stereocenters.